The summed E-state index contributed by atoms with van der Waals surface area (Å²) in [5.74, 6) is 0.239. The molecule has 1 heterocycles. The average molecular weight is 503 g/mol. The summed E-state index contributed by atoms with van der Waals surface area (Å²) in [7, 11) is 1.92. The lowest BCUT2D eigenvalue weighted by Crippen LogP contribution is -2.52. The Hall–Kier alpha value is -3.12. The predicted molar refractivity (Wildman–Crippen MR) is 151 cm³/mol. The van der Waals surface area contributed by atoms with E-state index in [2.05, 4.69) is 54.1 Å². The quantitative estimate of drug-likeness (QED) is 0.329. The Morgan fingerprint density at radius 1 is 1.00 bits per heavy atom. The van der Waals surface area contributed by atoms with Crippen LogP contribution in [0.2, 0.25) is 0 Å². The van der Waals surface area contributed by atoms with Gasteiger partial charge in [0.1, 0.15) is 5.69 Å². The lowest BCUT2D eigenvalue weighted by molar-refractivity contribution is -0.127. The SMILES string of the molecule is CC(C)CC(CNCCc1ccccc1)NC(=O)[C@@H]1CCCC[C@@H]1NC(=O)c1cc2ccccc2n1C. The summed E-state index contributed by atoms with van der Waals surface area (Å²) in [6.45, 7) is 6.01. The van der Waals surface area contributed by atoms with E-state index in [1.807, 2.05) is 48.0 Å². The van der Waals surface area contributed by atoms with Crippen LogP contribution in [-0.4, -0.2) is 41.6 Å². The number of nitrogens with zero attached hydrogens (tertiary/aromatic N) is 1. The number of para-hydroxylation sites is 1. The van der Waals surface area contributed by atoms with Crippen LogP contribution >= 0.6 is 0 Å². The summed E-state index contributed by atoms with van der Waals surface area (Å²) in [5, 5.41) is 11.1. The molecule has 6 nitrogen and oxygen atoms in total. The number of hydrogen-bond donors (Lipinski definition) is 3. The van der Waals surface area contributed by atoms with Crippen LogP contribution < -0.4 is 16.0 Å². The second-order valence-electron chi connectivity index (χ2n) is 10.9. The van der Waals surface area contributed by atoms with Crippen LogP contribution in [0.3, 0.4) is 0 Å². The van der Waals surface area contributed by atoms with Gasteiger partial charge in [-0.05, 0) is 55.8 Å². The van der Waals surface area contributed by atoms with Gasteiger partial charge in [0.2, 0.25) is 5.91 Å². The molecule has 0 radical (unpaired) electrons. The second kappa shape index (κ2) is 12.9. The molecule has 1 aromatic heterocycles. The minimum Gasteiger partial charge on any atom is -0.352 e. The first-order valence-electron chi connectivity index (χ1n) is 13.8. The summed E-state index contributed by atoms with van der Waals surface area (Å²) in [4.78, 5) is 26.7. The molecular formula is C31H42N4O2. The van der Waals surface area contributed by atoms with Crippen molar-refractivity contribution in [2.24, 2.45) is 18.9 Å². The number of aromatic nitrogens is 1. The van der Waals surface area contributed by atoms with Crippen LogP contribution in [0, 0.1) is 11.8 Å². The Morgan fingerprint density at radius 3 is 2.49 bits per heavy atom. The molecule has 1 fully saturated rings. The fraction of sp³-hybridized carbons (Fsp3) is 0.484. The predicted octanol–water partition coefficient (Wildman–Crippen LogP) is 4.83. The third-order valence-corrected chi connectivity index (χ3v) is 7.53. The molecule has 0 bridgehead atoms. The molecule has 3 N–H and O–H groups in total. The summed E-state index contributed by atoms with van der Waals surface area (Å²) in [5.41, 5.74) is 2.97. The van der Waals surface area contributed by atoms with Crippen molar-refractivity contribution in [1.82, 2.24) is 20.5 Å². The van der Waals surface area contributed by atoms with E-state index in [-0.39, 0.29) is 29.8 Å². The molecule has 2 aromatic carbocycles. The maximum Gasteiger partial charge on any atom is 0.268 e. The zero-order valence-electron chi connectivity index (χ0n) is 22.5. The van der Waals surface area contributed by atoms with E-state index in [1.165, 1.54) is 5.56 Å². The number of carbonyl (C=O) groups is 2. The van der Waals surface area contributed by atoms with Gasteiger partial charge in [-0.2, -0.15) is 0 Å². The molecule has 1 aliphatic carbocycles. The Labute approximate surface area is 221 Å². The van der Waals surface area contributed by atoms with Crippen LogP contribution in [0.4, 0.5) is 0 Å². The third-order valence-electron chi connectivity index (χ3n) is 7.53. The highest BCUT2D eigenvalue weighted by Crippen LogP contribution is 2.26. The fourth-order valence-corrected chi connectivity index (χ4v) is 5.59. The van der Waals surface area contributed by atoms with Gasteiger partial charge < -0.3 is 20.5 Å². The van der Waals surface area contributed by atoms with Crippen molar-refractivity contribution in [3.63, 3.8) is 0 Å². The largest absolute Gasteiger partial charge is 0.352 e. The minimum absolute atomic E-state index is 0.0672. The van der Waals surface area contributed by atoms with Crippen LogP contribution in [-0.2, 0) is 18.3 Å². The lowest BCUT2D eigenvalue weighted by Gasteiger charge is -2.33. The van der Waals surface area contributed by atoms with Crippen molar-refractivity contribution < 1.29 is 9.59 Å². The summed E-state index contributed by atoms with van der Waals surface area (Å²) in [6.07, 6.45) is 5.57. The fourth-order valence-electron chi connectivity index (χ4n) is 5.59. The van der Waals surface area contributed by atoms with Gasteiger partial charge in [0.15, 0.2) is 0 Å². The molecule has 3 atom stereocenters. The highest BCUT2D eigenvalue weighted by atomic mass is 16.2. The molecule has 37 heavy (non-hydrogen) atoms. The van der Waals surface area contributed by atoms with Crippen molar-refractivity contribution in [2.45, 2.75) is 64.5 Å². The number of aryl methyl sites for hydroxylation is 1. The van der Waals surface area contributed by atoms with Crippen molar-refractivity contribution in [3.05, 3.63) is 71.9 Å². The van der Waals surface area contributed by atoms with Gasteiger partial charge in [0.25, 0.3) is 5.91 Å². The van der Waals surface area contributed by atoms with Gasteiger partial charge in [-0.15, -0.1) is 0 Å². The van der Waals surface area contributed by atoms with Gasteiger partial charge in [-0.25, -0.2) is 0 Å². The molecule has 1 saturated carbocycles. The van der Waals surface area contributed by atoms with E-state index < -0.39 is 0 Å². The maximum absolute atomic E-state index is 13.5. The first-order valence-corrected chi connectivity index (χ1v) is 13.8. The summed E-state index contributed by atoms with van der Waals surface area (Å²) >= 11 is 0. The summed E-state index contributed by atoms with van der Waals surface area (Å²) < 4.78 is 1.93. The van der Waals surface area contributed by atoms with E-state index in [1.54, 1.807) is 0 Å². The minimum atomic E-state index is -0.202. The standard InChI is InChI=1S/C31H42N4O2/c1-22(2)19-25(21-32-18-17-23-11-5-4-6-12-23)33-30(36)26-14-8-9-15-27(26)34-31(37)29-20-24-13-7-10-16-28(24)35(29)3/h4-7,10-13,16,20,22,25-27,32H,8-9,14-15,17-19,21H2,1-3H3,(H,33,36)(H,34,37)/t25?,26-,27+/m1/s1. The zero-order chi connectivity index (χ0) is 26.2. The van der Waals surface area contributed by atoms with Crippen molar-refractivity contribution >= 4 is 22.7 Å². The average Bonchev–Trinajstić information content (AvgIpc) is 3.23. The van der Waals surface area contributed by atoms with Gasteiger partial charge >= 0.3 is 0 Å². The van der Waals surface area contributed by atoms with Gasteiger partial charge in [0.05, 0.1) is 5.92 Å². The van der Waals surface area contributed by atoms with E-state index in [9.17, 15) is 9.59 Å². The Morgan fingerprint density at radius 2 is 1.73 bits per heavy atom. The van der Waals surface area contributed by atoms with E-state index in [4.69, 9.17) is 0 Å². The number of carbonyl (C=O) groups excluding carboxylic acids is 2. The monoisotopic (exact) mass is 502 g/mol. The number of rotatable bonds is 11. The van der Waals surface area contributed by atoms with Crippen LogP contribution in [0.5, 0.6) is 0 Å². The normalized spacial score (nSPS) is 18.6. The molecule has 2 amide bonds. The highest BCUT2D eigenvalue weighted by Gasteiger charge is 2.33. The molecule has 4 rings (SSSR count). The van der Waals surface area contributed by atoms with Gasteiger partial charge in [-0.1, -0.05) is 75.2 Å². The topological polar surface area (TPSA) is 75.2 Å². The van der Waals surface area contributed by atoms with Crippen LogP contribution in [0.15, 0.2) is 60.7 Å². The summed E-state index contributed by atoms with van der Waals surface area (Å²) in [6, 6.07) is 20.3. The van der Waals surface area contributed by atoms with E-state index in [0.717, 1.165) is 62.5 Å². The molecule has 0 spiro atoms. The van der Waals surface area contributed by atoms with E-state index in [0.29, 0.717) is 11.6 Å². The van der Waals surface area contributed by atoms with Gasteiger partial charge in [0, 0.05) is 36.6 Å². The Bertz CT molecular complexity index is 1170. The molecule has 0 aliphatic heterocycles. The van der Waals surface area contributed by atoms with Crippen molar-refractivity contribution in [2.75, 3.05) is 13.1 Å². The second-order valence-corrected chi connectivity index (χ2v) is 10.9. The molecule has 0 saturated heterocycles. The number of amides is 2. The molecular weight excluding hydrogens is 460 g/mol. The first kappa shape index (κ1) is 26.9. The molecule has 6 heteroatoms. The highest BCUT2D eigenvalue weighted by molar-refractivity contribution is 5.99. The van der Waals surface area contributed by atoms with Crippen LogP contribution in [0.25, 0.3) is 10.9 Å². The molecule has 1 unspecified atom stereocenters. The maximum atomic E-state index is 13.5. The third kappa shape index (κ3) is 7.22. The smallest absolute Gasteiger partial charge is 0.268 e. The Balaban J connectivity index is 1.35. The number of fused-ring (bicyclic) bond motifs is 1. The van der Waals surface area contributed by atoms with Crippen molar-refractivity contribution in [1.29, 1.82) is 0 Å². The first-order chi connectivity index (χ1) is 17.9. The van der Waals surface area contributed by atoms with Crippen LogP contribution in [0.1, 0.15) is 62.0 Å². The van der Waals surface area contributed by atoms with Gasteiger partial charge in [-0.3, -0.25) is 9.59 Å². The molecule has 198 valence electrons. The number of hydrogen-bond acceptors (Lipinski definition) is 3. The number of nitrogens with one attached hydrogen (secondary N) is 3. The number of benzene rings is 2. The molecule has 1 aliphatic rings. The van der Waals surface area contributed by atoms with E-state index >= 15 is 0 Å². The van der Waals surface area contributed by atoms with Crippen molar-refractivity contribution in [3.8, 4) is 0 Å². The Kier molecular flexibility index (Phi) is 9.40. The zero-order valence-corrected chi connectivity index (χ0v) is 22.5. The lowest BCUT2D eigenvalue weighted by atomic mass is 9.83. The molecule has 3 aromatic rings.